The van der Waals surface area contributed by atoms with E-state index in [1.165, 1.54) is 0 Å². The highest BCUT2D eigenvalue weighted by molar-refractivity contribution is 7.98. The lowest BCUT2D eigenvalue weighted by Crippen LogP contribution is -2.47. The molecule has 2 amide bonds. The van der Waals surface area contributed by atoms with Crippen molar-refractivity contribution in [1.82, 2.24) is 10.6 Å². The predicted molar refractivity (Wildman–Crippen MR) is 63.8 cm³/mol. The van der Waals surface area contributed by atoms with Gasteiger partial charge in [0.2, 0.25) is 0 Å². The Morgan fingerprint density at radius 2 is 2.00 bits per heavy atom. The molecule has 0 spiro atoms. The van der Waals surface area contributed by atoms with Gasteiger partial charge in [0, 0.05) is 12.1 Å². The first kappa shape index (κ1) is 13.6. The molecule has 0 bridgehead atoms. The fourth-order valence-electron chi connectivity index (χ4n) is 0.995. The lowest BCUT2D eigenvalue weighted by atomic mass is 10.1. The largest absolute Gasteiger partial charge is 0.338 e. The summed E-state index contributed by atoms with van der Waals surface area (Å²) in [5.41, 5.74) is -0.160. The summed E-state index contributed by atoms with van der Waals surface area (Å²) in [5.74, 6) is 1.60. The first-order valence-corrected chi connectivity index (χ1v) is 6.29. The van der Waals surface area contributed by atoms with E-state index >= 15 is 0 Å². The van der Waals surface area contributed by atoms with Crippen LogP contribution in [-0.4, -0.2) is 30.1 Å². The fourth-order valence-corrected chi connectivity index (χ4v) is 1.68. The molecule has 0 heterocycles. The number of thioether (sulfide) groups is 1. The maximum atomic E-state index is 11.3. The molecule has 0 radical (unpaired) electrons. The average molecular weight is 218 g/mol. The number of carbonyl (C=O) groups excluding carboxylic acids is 1. The zero-order valence-electron chi connectivity index (χ0n) is 9.81. The molecule has 1 unspecified atom stereocenters. The predicted octanol–water partition coefficient (Wildman–Crippen LogP) is 2.08. The van der Waals surface area contributed by atoms with Crippen molar-refractivity contribution in [1.29, 1.82) is 0 Å². The molecule has 3 nitrogen and oxygen atoms in total. The summed E-state index contributed by atoms with van der Waals surface area (Å²) in [7, 11) is 0. The standard InChI is InChI=1S/C10H22N2OS/c1-8(7-14-5)6-11-9(13)12-10(2,3)4/h8H,6-7H2,1-5H3,(H2,11,12,13). The Morgan fingerprint density at radius 3 is 2.43 bits per heavy atom. The van der Waals surface area contributed by atoms with Gasteiger partial charge in [-0.3, -0.25) is 0 Å². The van der Waals surface area contributed by atoms with E-state index < -0.39 is 0 Å². The molecular formula is C10H22N2OS. The number of urea groups is 1. The van der Waals surface area contributed by atoms with Crippen LogP contribution in [0.25, 0.3) is 0 Å². The van der Waals surface area contributed by atoms with Crippen LogP contribution in [0.15, 0.2) is 0 Å². The summed E-state index contributed by atoms with van der Waals surface area (Å²) in [4.78, 5) is 11.3. The van der Waals surface area contributed by atoms with E-state index in [1.54, 1.807) is 11.8 Å². The van der Waals surface area contributed by atoms with Crippen LogP contribution in [0, 0.1) is 5.92 Å². The summed E-state index contributed by atoms with van der Waals surface area (Å²) in [6, 6.07) is -0.0783. The van der Waals surface area contributed by atoms with Gasteiger partial charge < -0.3 is 10.6 Å². The summed E-state index contributed by atoms with van der Waals surface area (Å²) >= 11 is 1.80. The number of nitrogens with one attached hydrogen (secondary N) is 2. The maximum Gasteiger partial charge on any atom is 0.315 e. The minimum Gasteiger partial charge on any atom is -0.338 e. The first-order chi connectivity index (χ1) is 6.35. The summed E-state index contributed by atoms with van der Waals surface area (Å²) in [5, 5.41) is 5.72. The van der Waals surface area contributed by atoms with Crippen LogP contribution in [0.1, 0.15) is 27.7 Å². The summed E-state index contributed by atoms with van der Waals surface area (Å²) in [6.45, 7) is 8.78. The van der Waals surface area contributed by atoms with Crippen LogP contribution in [0.4, 0.5) is 4.79 Å². The highest BCUT2D eigenvalue weighted by atomic mass is 32.2. The van der Waals surface area contributed by atoms with Crippen LogP contribution in [-0.2, 0) is 0 Å². The van der Waals surface area contributed by atoms with E-state index in [4.69, 9.17) is 0 Å². The van der Waals surface area contributed by atoms with Gasteiger partial charge in [-0.2, -0.15) is 11.8 Å². The van der Waals surface area contributed by atoms with E-state index in [0.717, 1.165) is 12.3 Å². The monoisotopic (exact) mass is 218 g/mol. The minimum absolute atomic E-state index is 0.0783. The molecule has 2 N–H and O–H groups in total. The van der Waals surface area contributed by atoms with Gasteiger partial charge in [0.25, 0.3) is 0 Å². The van der Waals surface area contributed by atoms with Gasteiger partial charge in [-0.25, -0.2) is 4.79 Å². The molecule has 0 aromatic rings. The molecule has 0 saturated carbocycles. The van der Waals surface area contributed by atoms with Crippen molar-refractivity contribution >= 4 is 17.8 Å². The molecule has 0 aliphatic carbocycles. The topological polar surface area (TPSA) is 41.1 Å². The Balaban J connectivity index is 3.64. The van der Waals surface area contributed by atoms with Gasteiger partial charge in [0.05, 0.1) is 0 Å². The molecule has 0 aliphatic heterocycles. The van der Waals surface area contributed by atoms with E-state index in [2.05, 4.69) is 23.8 Å². The summed E-state index contributed by atoms with van der Waals surface area (Å²) in [6.07, 6.45) is 2.08. The average Bonchev–Trinajstić information content (AvgIpc) is 1.98. The number of amides is 2. The van der Waals surface area contributed by atoms with E-state index in [-0.39, 0.29) is 11.6 Å². The van der Waals surface area contributed by atoms with Crippen LogP contribution < -0.4 is 10.6 Å². The van der Waals surface area contributed by atoms with E-state index in [1.807, 2.05) is 20.8 Å². The van der Waals surface area contributed by atoms with Crippen molar-refractivity contribution in [2.75, 3.05) is 18.6 Å². The fraction of sp³-hybridized carbons (Fsp3) is 0.900. The molecule has 0 aromatic heterocycles. The van der Waals surface area contributed by atoms with Gasteiger partial charge >= 0.3 is 6.03 Å². The SMILES string of the molecule is CSCC(C)CNC(=O)NC(C)(C)C. The molecule has 4 heteroatoms. The number of carbonyl (C=O) groups is 1. The Bertz CT molecular complexity index is 177. The van der Waals surface area contributed by atoms with Crippen molar-refractivity contribution in [3.63, 3.8) is 0 Å². The Morgan fingerprint density at radius 1 is 1.43 bits per heavy atom. The Hall–Kier alpha value is -0.380. The molecule has 14 heavy (non-hydrogen) atoms. The van der Waals surface area contributed by atoms with Crippen molar-refractivity contribution in [3.8, 4) is 0 Å². The number of hydrogen-bond donors (Lipinski definition) is 2. The molecule has 0 saturated heterocycles. The Labute approximate surface area is 91.4 Å². The van der Waals surface area contributed by atoms with Gasteiger partial charge in [0.15, 0.2) is 0 Å². The van der Waals surface area contributed by atoms with Gasteiger partial charge in [-0.15, -0.1) is 0 Å². The number of hydrogen-bond acceptors (Lipinski definition) is 2. The van der Waals surface area contributed by atoms with Crippen molar-refractivity contribution in [2.45, 2.75) is 33.2 Å². The van der Waals surface area contributed by atoms with Crippen LogP contribution in [0.5, 0.6) is 0 Å². The first-order valence-electron chi connectivity index (χ1n) is 4.90. The zero-order valence-corrected chi connectivity index (χ0v) is 10.6. The molecule has 0 aliphatic rings. The molecule has 0 fully saturated rings. The highest BCUT2D eigenvalue weighted by Gasteiger charge is 2.13. The van der Waals surface area contributed by atoms with Crippen LogP contribution in [0.3, 0.4) is 0 Å². The minimum atomic E-state index is -0.160. The molecule has 0 rings (SSSR count). The Kier molecular flexibility index (Phi) is 6.00. The second-order valence-corrected chi connectivity index (χ2v) is 5.56. The summed E-state index contributed by atoms with van der Waals surface area (Å²) < 4.78 is 0. The molecular weight excluding hydrogens is 196 g/mol. The van der Waals surface area contributed by atoms with Crippen molar-refractivity contribution in [2.24, 2.45) is 5.92 Å². The van der Waals surface area contributed by atoms with E-state index in [9.17, 15) is 4.79 Å². The quantitative estimate of drug-likeness (QED) is 0.758. The van der Waals surface area contributed by atoms with Crippen LogP contribution in [0.2, 0.25) is 0 Å². The second kappa shape index (κ2) is 6.17. The third-order valence-corrected chi connectivity index (χ3v) is 2.45. The molecule has 0 aromatic carbocycles. The molecule has 84 valence electrons. The lowest BCUT2D eigenvalue weighted by molar-refractivity contribution is 0.231. The van der Waals surface area contributed by atoms with Gasteiger partial charge in [0.1, 0.15) is 0 Å². The second-order valence-electron chi connectivity index (χ2n) is 4.65. The van der Waals surface area contributed by atoms with Gasteiger partial charge in [-0.1, -0.05) is 6.92 Å². The highest BCUT2D eigenvalue weighted by Crippen LogP contribution is 2.03. The smallest absolute Gasteiger partial charge is 0.315 e. The third-order valence-electron chi connectivity index (χ3n) is 1.55. The normalized spacial score (nSPS) is 13.5. The van der Waals surface area contributed by atoms with Crippen molar-refractivity contribution in [3.05, 3.63) is 0 Å². The van der Waals surface area contributed by atoms with Gasteiger partial charge in [-0.05, 0) is 38.7 Å². The van der Waals surface area contributed by atoms with Crippen LogP contribution >= 0.6 is 11.8 Å². The van der Waals surface area contributed by atoms with E-state index in [0.29, 0.717) is 5.92 Å². The zero-order chi connectivity index (χ0) is 11.2. The number of rotatable bonds is 4. The maximum absolute atomic E-state index is 11.3. The van der Waals surface area contributed by atoms with Crippen molar-refractivity contribution < 1.29 is 4.79 Å². The molecule has 1 atom stereocenters. The third kappa shape index (κ3) is 8.23. The lowest BCUT2D eigenvalue weighted by Gasteiger charge is -2.21.